The number of β-lactam (4-membered cyclic amide) rings is 1. The Bertz CT molecular complexity index is 630. The molecule has 2 N–H and O–H groups in total. The van der Waals surface area contributed by atoms with Crippen LogP contribution in [0.25, 0.3) is 0 Å². The zero-order valence-corrected chi connectivity index (χ0v) is 21.6. The molecule has 0 radical (unpaired) electrons. The molecule has 0 saturated carbocycles. The first kappa shape index (κ1) is 25.9. The number of amides is 1. The zero-order valence-electron chi connectivity index (χ0n) is 18.1. The van der Waals surface area contributed by atoms with Crippen molar-refractivity contribution in [1.82, 2.24) is 4.90 Å². The first-order chi connectivity index (χ1) is 12.4. The van der Waals surface area contributed by atoms with Crippen LogP contribution < -0.4 is 0 Å². The Morgan fingerprint density at radius 1 is 1.25 bits per heavy atom. The van der Waals surface area contributed by atoms with Crippen LogP contribution in [0.1, 0.15) is 48.5 Å². The van der Waals surface area contributed by atoms with E-state index in [0.717, 1.165) is 4.90 Å². The quantitative estimate of drug-likeness (QED) is 0.342. The van der Waals surface area contributed by atoms with E-state index in [4.69, 9.17) is 16.6 Å². The lowest BCUT2D eigenvalue weighted by Gasteiger charge is -2.51. The Morgan fingerprint density at radius 3 is 2.14 bits per heavy atom. The summed E-state index contributed by atoms with van der Waals surface area (Å²) in [6.45, 7) is 18.5. The van der Waals surface area contributed by atoms with Gasteiger partial charge >= 0.3 is 5.97 Å². The Kier molecular flexibility index (Phi) is 8.26. The minimum atomic E-state index is -2.12. The van der Waals surface area contributed by atoms with Crippen molar-refractivity contribution in [2.24, 2.45) is 5.92 Å². The van der Waals surface area contributed by atoms with Gasteiger partial charge in [-0.15, -0.1) is 11.8 Å². The molecule has 1 aliphatic rings. The molecule has 28 heavy (non-hydrogen) atoms. The van der Waals surface area contributed by atoms with Crippen molar-refractivity contribution in [3.05, 3.63) is 0 Å². The number of nitrogens with zero attached hydrogens (tertiary/aromatic N) is 1. The number of aliphatic carboxylic acids is 1. The summed E-state index contributed by atoms with van der Waals surface area (Å²) in [5.41, 5.74) is 0. The van der Waals surface area contributed by atoms with Crippen molar-refractivity contribution in [2.75, 3.05) is 0 Å². The van der Waals surface area contributed by atoms with Crippen LogP contribution in [0.2, 0.25) is 18.1 Å². The summed E-state index contributed by atoms with van der Waals surface area (Å²) < 4.78 is 6.88. The van der Waals surface area contributed by atoms with Crippen molar-refractivity contribution >= 4 is 59.5 Å². The van der Waals surface area contributed by atoms with Crippen LogP contribution in [0.15, 0.2) is 0 Å². The Morgan fingerprint density at radius 2 is 1.75 bits per heavy atom. The van der Waals surface area contributed by atoms with Gasteiger partial charge in [0.1, 0.15) is 8.90 Å². The lowest BCUT2D eigenvalue weighted by molar-refractivity contribution is -0.185. The number of hydrogen-bond donors (Lipinski definition) is 2. The molecule has 1 aliphatic heterocycles. The number of likely N-dealkylation sites (tertiary alicyclic amines) is 1. The molecule has 1 amide bonds. The highest BCUT2D eigenvalue weighted by Gasteiger charge is 2.56. The van der Waals surface area contributed by atoms with E-state index >= 15 is 0 Å². The van der Waals surface area contributed by atoms with Gasteiger partial charge in [0.15, 0.2) is 8.32 Å². The van der Waals surface area contributed by atoms with Gasteiger partial charge in [0.2, 0.25) is 12.1 Å². The van der Waals surface area contributed by atoms with E-state index in [9.17, 15) is 19.8 Å². The highest BCUT2D eigenvalue weighted by atomic mass is 32.2. The molecule has 0 aliphatic carbocycles. The van der Waals surface area contributed by atoms with Gasteiger partial charge in [-0.25, -0.2) is 4.79 Å². The van der Waals surface area contributed by atoms with Gasteiger partial charge in [0, 0.05) is 4.75 Å². The maximum Gasteiger partial charge on any atom is 0.354 e. The molecule has 4 atom stereocenters. The van der Waals surface area contributed by atoms with E-state index < -0.39 is 43.8 Å². The second-order valence-corrected chi connectivity index (χ2v) is 18.4. The van der Waals surface area contributed by atoms with Crippen molar-refractivity contribution < 1.29 is 24.2 Å². The molecule has 1 saturated heterocycles. The minimum absolute atomic E-state index is 0.0195. The molecule has 1 fully saturated rings. The molecule has 0 aromatic carbocycles. The first-order valence-electron chi connectivity index (χ1n) is 9.19. The smallest absolute Gasteiger partial charge is 0.354 e. The van der Waals surface area contributed by atoms with Crippen molar-refractivity contribution in [3.63, 3.8) is 0 Å². The lowest BCUT2D eigenvalue weighted by atomic mass is 9.92. The van der Waals surface area contributed by atoms with Crippen molar-refractivity contribution in [3.8, 4) is 0 Å². The summed E-state index contributed by atoms with van der Waals surface area (Å²) in [5, 5.41) is 18.6. The van der Waals surface area contributed by atoms with Gasteiger partial charge in [-0.1, -0.05) is 65.5 Å². The molecule has 6 nitrogen and oxygen atoms in total. The summed E-state index contributed by atoms with van der Waals surface area (Å²) in [6.07, 6.45) is -2.28. The van der Waals surface area contributed by atoms with Crippen LogP contribution in [0, 0.1) is 5.92 Å². The second kappa shape index (κ2) is 8.93. The first-order valence-corrected chi connectivity index (χ1v) is 14.2. The maximum absolute atomic E-state index is 12.7. The van der Waals surface area contributed by atoms with Crippen molar-refractivity contribution in [1.29, 1.82) is 0 Å². The van der Waals surface area contributed by atoms with E-state index in [0.29, 0.717) is 3.53 Å². The number of carboxylic acids is 1. The highest BCUT2D eigenvalue weighted by molar-refractivity contribution is 8.47. The van der Waals surface area contributed by atoms with Gasteiger partial charge in [-0.05, 0) is 25.1 Å². The van der Waals surface area contributed by atoms with Crippen LogP contribution in [0.4, 0.5) is 0 Å². The number of thioether (sulfide) groups is 2. The Labute approximate surface area is 183 Å². The van der Waals surface area contributed by atoms with Crippen LogP contribution in [-0.4, -0.2) is 61.3 Å². The highest BCUT2D eigenvalue weighted by Crippen LogP contribution is 2.45. The molecule has 0 unspecified atom stereocenters. The molecule has 0 aromatic heterocycles. The van der Waals surface area contributed by atoms with Crippen molar-refractivity contribution in [2.45, 2.75) is 89.1 Å². The van der Waals surface area contributed by atoms with Gasteiger partial charge in [-0.3, -0.25) is 9.69 Å². The molecule has 0 bridgehead atoms. The number of aliphatic hydroxyl groups excluding tert-OH is 1. The van der Waals surface area contributed by atoms with Gasteiger partial charge in [0.25, 0.3) is 0 Å². The van der Waals surface area contributed by atoms with Crippen LogP contribution in [-0.2, 0) is 14.0 Å². The number of rotatable bonds is 6. The topological polar surface area (TPSA) is 87.1 Å². The van der Waals surface area contributed by atoms with E-state index in [2.05, 4.69) is 33.9 Å². The standard InChI is InChI=1S/C18H33NO5S3Si/c1-10(24-28(8,9)18(5,6)7)11-12(20)19(13(21)15(22)23)14(11)26-16(25)27-17(2,3)4/h10-11,13-14,21H,1-9H3,(H,22,23)/t10-,11+,13+,14-/m1/s1. The molecule has 0 aromatic rings. The summed E-state index contributed by atoms with van der Waals surface area (Å²) in [5.74, 6) is -2.42. The second-order valence-electron chi connectivity index (χ2n) is 9.54. The maximum atomic E-state index is 12.7. The predicted octanol–water partition coefficient (Wildman–Crippen LogP) is 4.13. The number of carbonyl (C=O) groups excluding carboxylic acids is 1. The number of aliphatic hydroxyl groups is 1. The fourth-order valence-electron chi connectivity index (χ4n) is 2.54. The van der Waals surface area contributed by atoms with Crippen LogP contribution in [0.3, 0.4) is 0 Å². The predicted molar refractivity (Wildman–Crippen MR) is 123 cm³/mol. The van der Waals surface area contributed by atoms with Crippen LogP contribution in [0.5, 0.6) is 0 Å². The third-order valence-electron chi connectivity index (χ3n) is 5.00. The zero-order chi connectivity index (χ0) is 22.2. The molecular formula is C18H33NO5S3Si. The molecular weight excluding hydrogens is 434 g/mol. The number of carboxylic acid groups (broad SMARTS) is 1. The summed E-state index contributed by atoms with van der Waals surface area (Å²) in [4.78, 5) is 25.0. The average Bonchev–Trinajstić information content (AvgIpc) is 2.42. The number of carbonyl (C=O) groups is 2. The number of thiocarbonyl (C=S) groups is 1. The largest absolute Gasteiger partial charge is 0.478 e. The Balaban J connectivity index is 3.06. The molecule has 1 rings (SSSR count). The minimum Gasteiger partial charge on any atom is -0.478 e. The van der Waals surface area contributed by atoms with Gasteiger partial charge in [0.05, 0.1) is 12.0 Å². The fourth-order valence-corrected chi connectivity index (χ4v) is 7.77. The summed E-state index contributed by atoms with van der Waals surface area (Å²) in [6, 6.07) is 0. The van der Waals surface area contributed by atoms with E-state index in [1.54, 1.807) is 0 Å². The third kappa shape index (κ3) is 6.18. The van der Waals surface area contributed by atoms with Gasteiger partial charge < -0.3 is 14.6 Å². The lowest BCUT2D eigenvalue weighted by Crippen LogP contribution is -2.68. The Hall–Kier alpha value is -0.133. The average molecular weight is 468 g/mol. The van der Waals surface area contributed by atoms with Crippen LogP contribution >= 0.6 is 35.7 Å². The van der Waals surface area contributed by atoms with Gasteiger partial charge in [-0.2, -0.15) is 0 Å². The van der Waals surface area contributed by atoms with E-state index in [1.165, 1.54) is 23.5 Å². The summed E-state index contributed by atoms with van der Waals surface area (Å²) in [7, 11) is -2.12. The third-order valence-corrected chi connectivity index (χ3v) is 12.4. The van der Waals surface area contributed by atoms with E-state index in [1.807, 2.05) is 27.7 Å². The molecule has 162 valence electrons. The number of hydrogen-bond acceptors (Lipinski definition) is 7. The molecule has 1 heterocycles. The molecule has 0 spiro atoms. The normalized spacial score (nSPS) is 23.2. The fraction of sp³-hybridized carbons (Fsp3) is 0.833. The molecule has 10 heteroatoms. The monoisotopic (exact) mass is 467 g/mol. The summed E-state index contributed by atoms with van der Waals surface area (Å²) >= 11 is 8.19. The van der Waals surface area contributed by atoms with E-state index in [-0.39, 0.29) is 9.79 Å². The SMILES string of the molecule is C[C@@H](O[Si](C)(C)C(C)(C)C)[C@H]1C(=O)N([C@@H](O)C(=O)O)[C@@H]1SC(=S)SC(C)(C)C.